The molecule has 98 valence electrons. The maximum Gasteiger partial charge on any atom is 0.251 e. The lowest BCUT2D eigenvalue weighted by Gasteiger charge is -2.12. The Hall–Kier alpha value is -1.55. The molecule has 0 spiro atoms. The first-order valence-electron chi connectivity index (χ1n) is 6.38. The Morgan fingerprint density at radius 1 is 1.50 bits per heavy atom. The molecule has 1 aliphatic rings. The van der Waals surface area contributed by atoms with Gasteiger partial charge in [0.05, 0.1) is 6.10 Å². The van der Waals surface area contributed by atoms with Crippen molar-refractivity contribution >= 4 is 11.6 Å². The highest BCUT2D eigenvalue weighted by atomic mass is 16.3. The highest BCUT2D eigenvalue weighted by Crippen LogP contribution is 2.24. The predicted molar refractivity (Wildman–Crippen MR) is 71.3 cm³/mol. The Morgan fingerprint density at radius 3 is 2.89 bits per heavy atom. The van der Waals surface area contributed by atoms with Crippen LogP contribution in [0.2, 0.25) is 0 Å². The maximum atomic E-state index is 12.0. The van der Waals surface area contributed by atoms with Gasteiger partial charge in [0.15, 0.2) is 0 Å². The molecule has 1 saturated carbocycles. The van der Waals surface area contributed by atoms with E-state index in [0.717, 1.165) is 24.8 Å². The molecule has 2 rings (SSSR count). The summed E-state index contributed by atoms with van der Waals surface area (Å²) in [5.41, 5.74) is 7.88. The molecule has 1 aromatic carbocycles. The fraction of sp³-hybridized carbons (Fsp3) is 0.500. The van der Waals surface area contributed by atoms with Crippen molar-refractivity contribution in [1.82, 2.24) is 5.32 Å². The fourth-order valence-electron chi connectivity index (χ4n) is 2.51. The van der Waals surface area contributed by atoms with Crippen molar-refractivity contribution in [3.8, 4) is 0 Å². The lowest BCUT2D eigenvalue weighted by atomic mass is 10.1. The third kappa shape index (κ3) is 3.01. The number of carbonyl (C=O) groups is 1. The Balaban J connectivity index is 1.91. The summed E-state index contributed by atoms with van der Waals surface area (Å²) >= 11 is 0. The minimum atomic E-state index is -0.190. The molecule has 0 saturated heterocycles. The van der Waals surface area contributed by atoms with E-state index in [-0.39, 0.29) is 12.0 Å². The number of rotatable bonds is 3. The lowest BCUT2D eigenvalue weighted by molar-refractivity contribution is 0.0944. The van der Waals surface area contributed by atoms with Gasteiger partial charge in [0, 0.05) is 17.8 Å². The van der Waals surface area contributed by atoms with Crippen LogP contribution < -0.4 is 11.1 Å². The second-order valence-electron chi connectivity index (χ2n) is 5.12. The highest BCUT2D eigenvalue weighted by molar-refractivity contribution is 5.96. The van der Waals surface area contributed by atoms with Crippen LogP contribution in [0.15, 0.2) is 18.2 Å². The monoisotopic (exact) mass is 248 g/mol. The number of benzene rings is 1. The van der Waals surface area contributed by atoms with Gasteiger partial charge in [0.25, 0.3) is 5.91 Å². The number of amides is 1. The van der Waals surface area contributed by atoms with E-state index in [1.165, 1.54) is 0 Å². The van der Waals surface area contributed by atoms with E-state index in [4.69, 9.17) is 5.73 Å². The molecule has 4 heteroatoms. The minimum Gasteiger partial charge on any atom is -0.399 e. The average molecular weight is 248 g/mol. The smallest absolute Gasteiger partial charge is 0.251 e. The first-order valence-corrected chi connectivity index (χ1v) is 6.38. The summed E-state index contributed by atoms with van der Waals surface area (Å²) in [6.07, 6.45) is 2.44. The SMILES string of the molecule is Cc1cc(N)ccc1C(=O)NCC1CCC(O)C1. The van der Waals surface area contributed by atoms with Gasteiger partial charge < -0.3 is 16.2 Å². The Labute approximate surface area is 107 Å². The molecule has 18 heavy (non-hydrogen) atoms. The number of hydrogen-bond donors (Lipinski definition) is 3. The van der Waals surface area contributed by atoms with Gasteiger partial charge in [-0.25, -0.2) is 0 Å². The fourth-order valence-corrected chi connectivity index (χ4v) is 2.51. The molecule has 4 nitrogen and oxygen atoms in total. The highest BCUT2D eigenvalue weighted by Gasteiger charge is 2.23. The molecular weight excluding hydrogens is 228 g/mol. The van der Waals surface area contributed by atoms with Gasteiger partial charge in [0.2, 0.25) is 0 Å². The van der Waals surface area contributed by atoms with Gasteiger partial charge in [-0.2, -0.15) is 0 Å². The first kappa shape index (κ1) is 12.9. The lowest BCUT2D eigenvalue weighted by Crippen LogP contribution is -2.29. The van der Waals surface area contributed by atoms with E-state index in [0.29, 0.717) is 23.7 Å². The predicted octanol–water partition coefficient (Wildman–Crippen LogP) is 1.47. The second kappa shape index (κ2) is 5.40. The van der Waals surface area contributed by atoms with Crippen molar-refractivity contribution in [2.45, 2.75) is 32.3 Å². The standard InChI is InChI=1S/C14H20N2O2/c1-9-6-11(15)3-5-13(9)14(18)16-8-10-2-4-12(17)7-10/h3,5-6,10,12,17H,2,4,7-8,15H2,1H3,(H,16,18). The Morgan fingerprint density at radius 2 is 2.28 bits per heavy atom. The zero-order valence-electron chi connectivity index (χ0n) is 10.6. The molecule has 0 aliphatic heterocycles. The number of nitrogens with one attached hydrogen (secondary N) is 1. The van der Waals surface area contributed by atoms with E-state index in [1.807, 2.05) is 6.92 Å². The molecule has 4 N–H and O–H groups in total. The number of aliphatic hydroxyl groups is 1. The minimum absolute atomic E-state index is 0.0612. The molecule has 0 bridgehead atoms. The molecule has 2 unspecified atom stereocenters. The van der Waals surface area contributed by atoms with E-state index in [1.54, 1.807) is 18.2 Å². The van der Waals surface area contributed by atoms with Crippen LogP contribution in [0.1, 0.15) is 35.2 Å². The van der Waals surface area contributed by atoms with Crippen LogP contribution in [0.4, 0.5) is 5.69 Å². The van der Waals surface area contributed by atoms with Gasteiger partial charge in [0.1, 0.15) is 0 Å². The molecule has 1 aliphatic carbocycles. The number of carbonyl (C=O) groups excluding carboxylic acids is 1. The van der Waals surface area contributed by atoms with Crippen molar-refractivity contribution in [3.05, 3.63) is 29.3 Å². The normalized spacial score (nSPS) is 23.0. The van der Waals surface area contributed by atoms with Crippen LogP contribution in [0.5, 0.6) is 0 Å². The third-order valence-electron chi connectivity index (χ3n) is 3.56. The van der Waals surface area contributed by atoms with Gasteiger partial charge in [-0.05, 0) is 55.9 Å². The van der Waals surface area contributed by atoms with Crippen LogP contribution in [0.25, 0.3) is 0 Å². The third-order valence-corrected chi connectivity index (χ3v) is 3.56. The molecule has 0 heterocycles. The topological polar surface area (TPSA) is 75.4 Å². The van der Waals surface area contributed by atoms with E-state index in [2.05, 4.69) is 5.32 Å². The van der Waals surface area contributed by atoms with E-state index >= 15 is 0 Å². The first-order chi connectivity index (χ1) is 8.56. The summed E-state index contributed by atoms with van der Waals surface area (Å²) in [5, 5.41) is 12.4. The van der Waals surface area contributed by atoms with Crippen LogP contribution in [-0.2, 0) is 0 Å². The second-order valence-corrected chi connectivity index (χ2v) is 5.12. The molecule has 0 aromatic heterocycles. The molecule has 1 amide bonds. The van der Waals surface area contributed by atoms with Gasteiger partial charge >= 0.3 is 0 Å². The summed E-state index contributed by atoms with van der Waals surface area (Å²) in [6.45, 7) is 2.52. The summed E-state index contributed by atoms with van der Waals surface area (Å²) in [6, 6.07) is 5.29. The van der Waals surface area contributed by atoms with Crippen molar-refractivity contribution in [2.75, 3.05) is 12.3 Å². The van der Waals surface area contributed by atoms with Gasteiger partial charge in [-0.3, -0.25) is 4.79 Å². The number of aryl methyl sites for hydroxylation is 1. The number of anilines is 1. The van der Waals surface area contributed by atoms with E-state index in [9.17, 15) is 9.90 Å². The summed E-state index contributed by atoms with van der Waals surface area (Å²) < 4.78 is 0. The molecule has 0 radical (unpaired) electrons. The zero-order valence-corrected chi connectivity index (χ0v) is 10.6. The van der Waals surface area contributed by atoms with Crippen molar-refractivity contribution < 1.29 is 9.90 Å². The Bertz CT molecular complexity index is 445. The van der Waals surface area contributed by atoms with Crippen LogP contribution in [0, 0.1) is 12.8 Å². The molecular formula is C14H20N2O2. The van der Waals surface area contributed by atoms with Crippen molar-refractivity contribution in [3.63, 3.8) is 0 Å². The summed E-state index contributed by atoms with van der Waals surface area (Å²) in [7, 11) is 0. The quantitative estimate of drug-likeness (QED) is 0.709. The number of nitrogen functional groups attached to an aromatic ring is 1. The van der Waals surface area contributed by atoms with Crippen LogP contribution >= 0.6 is 0 Å². The average Bonchev–Trinajstić information content (AvgIpc) is 2.72. The van der Waals surface area contributed by atoms with Gasteiger partial charge in [-0.1, -0.05) is 0 Å². The maximum absolute atomic E-state index is 12.0. The zero-order chi connectivity index (χ0) is 13.1. The molecule has 2 atom stereocenters. The Kier molecular flexibility index (Phi) is 3.87. The number of hydrogen-bond acceptors (Lipinski definition) is 3. The molecule has 1 fully saturated rings. The van der Waals surface area contributed by atoms with Crippen molar-refractivity contribution in [2.24, 2.45) is 5.92 Å². The largest absolute Gasteiger partial charge is 0.399 e. The molecule has 1 aromatic rings. The van der Waals surface area contributed by atoms with Gasteiger partial charge in [-0.15, -0.1) is 0 Å². The van der Waals surface area contributed by atoms with Crippen molar-refractivity contribution in [1.29, 1.82) is 0 Å². The number of nitrogens with two attached hydrogens (primary N) is 1. The van der Waals surface area contributed by atoms with Crippen LogP contribution in [-0.4, -0.2) is 23.7 Å². The summed E-state index contributed by atoms with van der Waals surface area (Å²) in [4.78, 5) is 12.0. The summed E-state index contributed by atoms with van der Waals surface area (Å²) in [5.74, 6) is 0.340. The van der Waals surface area contributed by atoms with Crippen LogP contribution in [0.3, 0.4) is 0 Å². The number of aliphatic hydroxyl groups excluding tert-OH is 1. The van der Waals surface area contributed by atoms with E-state index < -0.39 is 0 Å².